The highest BCUT2D eigenvalue weighted by Gasteiger charge is 2.20. The second-order valence-corrected chi connectivity index (χ2v) is 4.29. The highest BCUT2D eigenvalue weighted by Crippen LogP contribution is 2.23. The van der Waals surface area contributed by atoms with Crippen LogP contribution in [0.5, 0.6) is 0 Å². The van der Waals surface area contributed by atoms with Crippen LogP contribution < -0.4 is 11.1 Å². The number of fused-ring (bicyclic) bond motifs is 1. The van der Waals surface area contributed by atoms with E-state index < -0.39 is 0 Å². The van der Waals surface area contributed by atoms with Gasteiger partial charge in [0.15, 0.2) is 5.96 Å². The summed E-state index contributed by atoms with van der Waals surface area (Å²) in [6.07, 6.45) is 4.08. The lowest BCUT2D eigenvalue weighted by Gasteiger charge is -2.06. The van der Waals surface area contributed by atoms with Crippen molar-refractivity contribution in [3.05, 3.63) is 36.5 Å². The molecule has 1 aromatic carbocycles. The average Bonchev–Trinajstić information content (AvgIpc) is 3.12. The zero-order valence-corrected chi connectivity index (χ0v) is 9.43. The van der Waals surface area contributed by atoms with Gasteiger partial charge in [0.05, 0.1) is 23.4 Å². The number of pyridine rings is 1. The summed E-state index contributed by atoms with van der Waals surface area (Å²) in [5.41, 5.74) is 7.66. The molecule has 0 unspecified atom stereocenters. The number of aliphatic imine (C=N–C) groups is 1. The predicted molar refractivity (Wildman–Crippen MR) is 70.0 cm³/mol. The normalized spacial score (nSPS) is 16.1. The van der Waals surface area contributed by atoms with Gasteiger partial charge in [-0.05, 0) is 25.0 Å². The molecule has 1 aromatic heterocycles. The van der Waals surface area contributed by atoms with E-state index in [4.69, 9.17) is 5.73 Å². The standard InChI is InChI=1S/C13H14N4/c14-13(16-10-5-6-10)17-11-7-9-3-1-2-4-12(9)15-8-11/h1-4,7-8,10H,5-6H2,(H3,14,16,17). The van der Waals surface area contributed by atoms with Gasteiger partial charge in [0.25, 0.3) is 0 Å². The molecule has 17 heavy (non-hydrogen) atoms. The van der Waals surface area contributed by atoms with Gasteiger partial charge in [-0.15, -0.1) is 0 Å². The van der Waals surface area contributed by atoms with Crippen molar-refractivity contribution in [1.82, 2.24) is 4.98 Å². The van der Waals surface area contributed by atoms with E-state index in [1.54, 1.807) is 6.20 Å². The summed E-state index contributed by atoms with van der Waals surface area (Å²) >= 11 is 0. The largest absolute Gasteiger partial charge is 0.370 e. The molecule has 4 heteroatoms. The lowest BCUT2D eigenvalue weighted by Crippen LogP contribution is -2.23. The molecule has 1 fully saturated rings. The number of nitrogens with one attached hydrogen (secondary N) is 1. The first kappa shape index (κ1) is 10.1. The number of para-hydroxylation sites is 1. The minimum absolute atomic E-state index is 0.427. The summed E-state index contributed by atoms with van der Waals surface area (Å²) in [6.45, 7) is 0. The topological polar surface area (TPSA) is 63.3 Å². The highest BCUT2D eigenvalue weighted by molar-refractivity contribution is 5.94. The first-order valence-corrected chi connectivity index (χ1v) is 5.76. The van der Waals surface area contributed by atoms with Crippen LogP contribution in [-0.2, 0) is 0 Å². The van der Waals surface area contributed by atoms with Gasteiger partial charge in [-0.3, -0.25) is 4.98 Å². The summed E-state index contributed by atoms with van der Waals surface area (Å²) in [6, 6.07) is 10.4. The SMILES string of the molecule is NC(=NC1CC1)Nc1cnc2ccccc2c1. The molecular formula is C13H14N4. The van der Waals surface area contributed by atoms with Gasteiger partial charge in [0.2, 0.25) is 0 Å². The first-order chi connectivity index (χ1) is 8.31. The third kappa shape index (κ3) is 2.36. The van der Waals surface area contributed by atoms with Crippen LogP contribution in [0, 0.1) is 0 Å². The van der Waals surface area contributed by atoms with E-state index in [1.165, 1.54) is 0 Å². The number of anilines is 1. The molecule has 0 radical (unpaired) electrons. The molecule has 0 aliphatic heterocycles. The van der Waals surface area contributed by atoms with Crippen LogP contribution in [0.2, 0.25) is 0 Å². The molecule has 1 aliphatic rings. The fraction of sp³-hybridized carbons (Fsp3) is 0.231. The van der Waals surface area contributed by atoms with E-state index in [1.807, 2.05) is 30.3 Å². The van der Waals surface area contributed by atoms with E-state index in [9.17, 15) is 0 Å². The third-order valence-corrected chi connectivity index (χ3v) is 2.73. The zero-order valence-electron chi connectivity index (χ0n) is 9.43. The lowest BCUT2D eigenvalue weighted by molar-refractivity contribution is 1.06. The van der Waals surface area contributed by atoms with Gasteiger partial charge in [0.1, 0.15) is 0 Å². The minimum Gasteiger partial charge on any atom is -0.370 e. The molecule has 2 aromatic rings. The summed E-state index contributed by atoms with van der Waals surface area (Å²) in [5, 5.41) is 4.16. The molecular weight excluding hydrogens is 212 g/mol. The number of aromatic nitrogens is 1. The van der Waals surface area contributed by atoms with Crippen LogP contribution in [-0.4, -0.2) is 17.0 Å². The van der Waals surface area contributed by atoms with Gasteiger partial charge in [0, 0.05) is 5.39 Å². The average molecular weight is 226 g/mol. The van der Waals surface area contributed by atoms with E-state index in [0.29, 0.717) is 12.0 Å². The van der Waals surface area contributed by atoms with Crippen LogP contribution in [0.25, 0.3) is 10.9 Å². The Kier molecular flexibility index (Phi) is 2.40. The van der Waals surface area contributed by atoms with Crippen LogP contribution in [0.15, 0.2) is 41.5 Å². The molecule has 4 nitrogen and oxygen atoms in total. The fourth-order valence-electron chi connectivity index (χ4n) is 1.72. The van der Waals surface area contributed by atoms with E-state index in [0.717, 1.165) is 29.4 Å². The van der Waals surface area contributed by atoms with Crippen LogP contribution in [0.1, 0.15) is 12.8 Å². The predicted octanol–water partition coefficient (Wildman–Crippen LogP) is 2.12. The van der Waals surface area contributed by atoms with E-state index >= 15 is 0 Å². The highest BCUT2D eigenvalue weighted by atomic mass is 15.1. The van der Waals surface area contributed by atoms with Crippen molar-refractivity contribution >= 4 is 22.5 Å². The van der Waals surface area contributed by atoms with Crippen LogP contribution in [0.4, 0.5) is 5.69 Å². The van der Waals surface area contributed by atoms with E-state index in [2.05, 4.69) is 15.3 Å². The van der Waals surface area contributed by atoms with Crippen molar-refractivity contribution in [2.75, 3.05) is 5.32 Å². The quantitative estimate of drug-likeness (QED) is 0.609. The summed E-state index contributed by atoms with van der Waals surface area (Å²) in [7, 11) is 0. The summed E-state index contributed by atoms with van der Waals surface area (Å²) in [5.74, 6) is 0.476. The third-order valence-electron chi connectivity index (χ3n) is 2.73. The first-order valence-electron chi connectivity index (χ1n) is 5.76. The second-order valence-electron chi connectivity index (χ2n) is 4.29. The monoisotopic (exact) mass is 226 g/mol. The molecule has 3 rings (SSSR count). The molecule has 0 saturated heterocycles. The number of hydrogen-bond acceptors (Lipinski definition) is 2. The maximum atomic E-state index is 5.80. The zero-order chi connectivity index (χ0) is 11.7. The number of nitrogens with zero attached hydrogens (tertiary/aromatic N) is 2. The molecule has 86 valence electrons. The van der Waals surface area contributed by atoms with Gasteiger partial charge >= 0.3 is 0 Å². The Labute approximate surface area is 99.6 Å². The van der Waals surface area contributed by atoms with Crippen molar-refractivity contribution in [1.29, 1.82) is 0 Å². The number of hydrogen-bond donors (Lipinski definition) is 2. The van der Waals surface area contributed by atoms with Crippen molar-refractivity contribution in [2.45, 2.75) is 18.9 Å². The Bertz CT molecular complexity index is 572. The smallest absolute Gasteiger partial charge is 0.193 e. The van der Waals surface area contributed by atoms with Crippen molar-refractivity contribution in [3.63, 3.8) is 0 Å². The maximum Gasteiger partial charge on any atom is 0.193 e. The van der Waals surface area contributed by atoms with Crippen molar-refractivity contribution in [2.24, 2.45) is 10.7 Å². The Morgan fingerprint density at radius 3 is 3.00 bits per heavy atom. The van der Waals surface area contributed by atoms with Gasteiger partial charge in [-0.1, -0.05) is 18.2 Å². The van der Waals surface area contributed by atoms with E-state index in [-0.39, 0.29) is 0 Å². The number of nitrogens with two attached hydrogens (primary N) is 1. The van der Waals surface area contributed by atoms with Crippen LogP contribution in [0.3, 0.4) is 0 Å². The fourth-order valence-corrected chi connectivity index (χ4v) is 1.72. The Hall–Kier alpha value is -2.10. The van der Waals surface area contributed by atoms with Gasteiger partial charge in [-0.2, -0.15) is 0 Å². The molecule has 0 atom stereocenters. The molecule has 0 bridgehead atoms. The summed E-state index contributed by atoms with van der Waals surface area (Å²) in [4.78, 5) is 8.68. The minimum atomic E-state index is 0.427. The van der Waals surface area contributed by atoms with Gasteiger partial charge in [-0.25, -0.2) is 4.99 Å². The Morgan fingerprint density at radius 2 is 2.18 bits per heavy atom. The van der Waals surface area contributed by atoms with Crippen molar-refractivity contribution < 1.29 is 0 Å². The van der Waals surface area contributed by atoms with Gasteiger partial charge < -0.3 is 11.1 Å². The molecule has 3 N–H and O–H groups in total. The molecule has 0 spiro atoms. The van der Waals surface area contributed by atoms with Crippen molar-refractivity contribution in [3.8, 4) is 0 Å². The number of rotatable bonds is 2. The number of benzene rings is 1. The molecule has 1 heterocycles. The molecule has 0 amide bonds. The number of guanidine groups is 1. The molecule has 1 saturated carbocycles. The summed E-state index contributed by atoms with van der Waals surface area (Å²) < 4.78 is 0. The maximum absolute atomic E-state index is 5.80. The van der Waals surface area contributed by atoms with Crippen LogP contribution >= 0.6 is 0 Å². The Morgan fingerprint density at radius 1 is 1.35 bits per heavy atom. The lowest BCUT2D eigenvalue weighted by atomic mass is 10.2. The molecule has 1 aliphatic carbocycles. The Balaban J connectivity index is 1.85. The second kappa shape index (κ2) is 4.05.